The summed E-state index contributed by atoms with van der Waals surface area (Å²) in [4.78, 5) is 81.8. The van der Waals surface area contributed by atoms with Gasteiger partial charge in [0.05, 0.1) is 67.4 Å². The maximum Gasteiger partial charge on any atom is 0.407 e. The molecule has 18 nitrogen and oxygen atoms in total. The van der Waals surface area contributed by atoms with Crippen LogP contribution in [0.3, 0.4) is 0 Å². The molecule has 18 heteroatoms. The quantitative estimate of drug-likeness (QED) is 0.0974. The summed E-state index contributed by atoms with van der Waals surface area (Å²) < 4.78 is 20.9. The van der Waals surface area contributed by atoms with Crippen LogP contribution in [0.5, 0.6) is 0 Å². The molecule has 7 heterocycles. The van der Waals surface area contributed by atoms with Crippen LogP contribution in [0, 0.1) is 11.8 Å². The molecular weight excluding hydrogens is 833 g/mol. The Hall–Kier alpha value is -6.27. The van der Waals surface area contributed by atoms with E-state index in [4.69, 9.17) is 33.9 Å². The van der Waals surface area contributed by atoms with Crippen molar-refractivity contribution in [1.29, 1.82) is 0 Å². The van der Waals surface area contributed by atoms with E-state index in [0.717, 1.165) is 70.4 Å². The molecular formula is C47H58N10O8. The molecule has 4 fully saturated rings. The highest BCUT2D eigenvalue weighted by atomic mass is 16.5. The monoisotopic (exact) mass is 890 g/mol. The lowest BCUT2D eigenvalue weighted by atomic mass is 9.90. The SMILES string of the molecule is COC(=O)N[C@H](C(=O)N1[C@@H](C)CC[C@H]1c1ncc(-c2ccc(-c3ccc(-c4cnc([C@@H]5CC[C@H](C)N5C(=O)[C@@H](NC(=O)OC)C5CCOCC5)[nH]4)c4nc[nH]c34)cc2)[nH]1)C1CCOCC1. The highest BCUT2D eigenvalue weighted by molar-refractivity contribution is 6.00. The van der Waals surface area contributed by atoms with Crippen LogP contribution >= 0.6 is 0 Å². The van der Waals surface area contributed by atoms with E-state index in [0.29, 0.717) is 63.8 Å². The van der Waals surface area contributed by atoms with Gasteiger partial charge in [0.25, 0.3) is 0 Å². The fraction of sp³-hybridized carbons (Fsp3) is 0.511. The molecule has 0 saturated carbocycles. The van der Waals surface area contributed by atoms with Gasteiger partial charge in [0, 0.05) is 49.6 Å². The first-order valence-corrected chi connectivity index (χ1v) is 22.8. The number of nitrogens with one attached hydrogen (secondary N) is 5. The molecule has 0 unspecified atom stereocenters. The Kier molecular flexibility index (Phi) is 12.9. The van der Waals surface area contributed by atoms with E-state index in [-0.39, 0.29) is 47.8 Å². The van der Waals surface area contributed by atoms with Gasteiger partial charge in [0.1, 0.15) is 23.7 Å². The van der Waals surface area contributed by atoms with E-state index in [2.05, 4.69) is 55.9 Å². The third kappa shape index (κ3) is 8.80. The third-order valence-corrected chi connectivity index (χ3v) is 14.0. The van der Waals surface area contributed by atoms with Gasteiger partial charge in [-0.15, -0.1) is 0 Å². The molecule has 0 spiro atoms. The Bertz CT molecular complexity index is 2490. The number of hydrogen-bond donors (Lipinski definition) is 5. The van der Waals surface area contributed by atoms with Crippen LogP contribution in [0.4, 0.5) is 9.59 Å². The molecule has 2 aromatic carbocycles. The van der Waals surface area contributed by atoms with Gasteiger partial charge in [-0.1, -0.05) is 30.3 Å². The average molecular weight is 891 g/mol. The van der Waals surface area contributed by atoms with Gasteiger partial charge in [-0.05, 0) is 94.2 Å². The van der Waals surface area contributed by atoms with Crippen molar-refractivity contribution in [3.05, 3.63) is 66.8 Å². The zero-order valence-corrected chi connectivity index (χ0v) is 37.3. The summed E-state index contributed by atoms with van der Waals surface area (Å²) in [5.74, 6) is 1.01. The predicted molar refractivity (Wildman–Crippen MR) is 239 cm³/mol. The Morgan fingerprint density at radius 3 is 1.63 bits per heavy atom. The molecule has 0 aliphatic carbocycles. The topological polar surface area (TPSA) is 222 Å². The number of amides is 4. The molecule has 6 atom stereocenters. The number of imidazole rings is 3. The Balaban J connectivity index is 0.915. The summed E-state index contributed by atoms with van der Waals surface area (Å²) in [7, 11) is 2.61. The van der Waals surface area contributed by atoms with E-state index >= 15 is 0 Å². The summed E-state index contributed by atoms with van der Waals surface area (Å²) in [6.45, 7) is 6.26. The molecule has 4 aliphatic heterocycles. The lowest BCUT2D eigenvalue weighted by molar-refractivity contribution is -0.139. The molecule has 0 radical (unpaired) electrons. The van der Waals surface area contributed by atoms with E-state index in [1.807, 2.05) is 35.9 Å². The Morgan fingerprint density at radius 2 is 1.11 bits per heavy atom. The van der Waals surface area contributed by atoms with Crippen molar-refractivity contribution < 1.29 is 38.1 Å². The minimum atomic E-state index is -0.727. The van der Waals surface area contributed by atoms with E-state index in [9.17, 15) is 19.2 Å². The highest BCUT2D eigenvalue weighted by Crippen LogP contribution is 2.40. The maximum absolute atomic E-state index is 14.3. The first kappa shape index (κ1) is 44.0. The molecule has 5 N–H and O–H groups in total. The molecule has 4 aliphatic rings. The number of aromatic nitrogens is 6. The molecule has 344 valence electrons. The summed E-state index contributed by atoms with van der Waals surface area (Å²) in [6.07, 6.45) is 9.85. The molecule has 65 heavy (non-hydrogen) atoms. The molecule has 0 bridgehead atoms. The van der Waals surface area contributed by atoms with Gasteiger partial charge in [0.15, 0.2) is 0 Å². The smallest absolute Gasteiger partial charge is 0.407 e. The zero-order valence-electron chi connectivity index (χ0n) is 37.3. The van der Waals surface area contributed by atoms with Gasteiger partial charge in [0.2, 0.25) is 11.8 Å². The van der Waals surface area contributed by atoms with Crippen LogP contribution in [0.2, 0.25) is 0 Å². The number of ether oxygens (including phenoxy) is 4. The standard InChI is InChI=1S/C47H58N10O8/c1-26-5-13-36(56(26)44(58)38(54-46(60)62-3)30-15-19-64-20-16-30)42-48-23-34(52-42)29-9-7-28(8-10-29)32-11-12-33(41-40(32)50-25-51-41)35-24-49-43(53-35)37-14-6-27(2)57(37)45(59)39(55-47(61)63-4)31-17-21-65-22-18-31/h7-12,23-27,30-31,36-39H,5-6,13-22H2,1-4H3,(H,48,52)(H,49,53)(H,50,51)(H,54,60)(H,55,61)/t26-,27-,36-,37-,38-,39-/m0/s1. The normalized spacial score (nSPS) is 22.8. The number of rotatable bonds is 11. The highest BCUT2D eigenvalue weighted by Gasteiger charge is 2.44. The number of likely N-dealkylation sites (tertiary alicyclic amines) is 2. The van der Waals surface area contributed by atoms with Crippen molar-refractivity contribution in [2.24, 2.45) is 11.8 Å². The first-order chi connectivity index (χ1) is 31.6. The second-order valence-corrected chi connectivity index (χ2v) is 17.7. The van der Waals surface area contributed by atoms with Crippen molar-refractivity contribution in [3.63, 3.8) is 0 Å². The van der Waals surface area contributed by atoms with Gasteiger partial charge >= 0.3 is 12.2 Å². The summed E-state index contributed by atoms with van der Waals surface area (Å²) >= 11 is 0. The van der Waals surface area contributed by atoms with Crippen LogP contribution in [0.1, 0.15) is 88.9 Å². The number of carbonyl (C=O) groups is 4. The molecule has 9 rings (SSSR count). The van der Waals surface area contributed by atoms with Gasteiger partial charge in [-0.3, -0.25) is 9.59 Å². The minimum absolute atomic E-state index is 0.0289. The maximum atomic E-state index is 14.3. The summed E-state index contributed by atoms with van der Waals surface area (Å²) in [5.41, 5.74) is 7.05. The van der Waals surface area contributed by atoms with Gasteiger partial charge < -0.3 is 54.3 Å². The van der Waals surface area contributed by atoms with E-state index < -0.39 is 24.3 Å². The van der Waals surface area contributed by atoms with Gasteiger partial charge in [-0.25, -0.2) is 24.5 Å². The largest absolute Gasteiger partial charge is 0.453 e. The number of carbonyl (C=O) groups excluding carboxylic acids is 4. The van der Waals surface area contributed by atoms with Crippen molar-refractivity contribution in [2.75, 3.05) is 40.6 Å². The number of hydrogen-bond acceptors (Lipinski definition) is 11. The number of aromatic amines is 3. The fourth-order valence-electron chi connectivity index (χ4n) is 10.4. The Morgan fingerprint density at radius 1 is 0.631 bits per heavy atom. The number of methoxy groups -OCH3 is 2. The average Bonchev–Trinajstić information content (AvgIpc) is 4.21. The second-order valence-electron chi connectivity index (χ2n) is 17.7. The molecule has 4 amide bonds. The summed E-state index contributed by atoms with van der Waals surface area (Å²) in [6, 6.07) is 10.3. The molecule has 4 saturated heterocycles. The van der Waals surface area contributed by atoms with Gasteiger partial charge in [-0.2, -0.15) is 0 Å². The van der Waals surface area contributed by atoms with Crippen LogP contribution in [0.25, 0.3) is 44.7 Å². The number of H-pyrrole nitrogens is 3. The van der Waals surface area contributed by atoms with Crippen LogP contribution in [-0.2, 0) is 28.5 Å². The van der Waals surface area contributed by atoms with Crippen molar-refractivity contribution >= 4 is 35.0 Å². The zero-order chi connectivity index (χ0) is 45.2. The van der Waals surface area contributed by atoms with Crippen molar-refractivity contribution in [1.82, 2.24) is 50.3 Å². The van der Waals surface area contributed by atoms with E-state index in [1.54, 1.807) is 12.5 Å². The number of benzene rings is 2. The lowest BCUT2D eigenvalue weighted by Crippen LogP contribution is -2.54. The third-order valence-electron chi connectivity index (χ3n) is 14.0. The summed E-state index contributed by atoms with van der Waals surface area (Å²) in [5, 5.41) is 5.67. The Labute approximate surface area is 376 Å². The predicted octanol–water partition coefficient (Wildman–Crippen LogP) is 6.42. The second kappa shape index (κ2) is 19.1. The van der Waals surface area contributed by atoms with Crippen LogP contribution in [0.15, 0.2) is 55.1 Å². The number of fused-ring (bicyclic) bond motifs is 1. The van der Waals surface area contributed by atoms with Crippen LogP contribution in [-0.4, -0.2) is 129 Å². The van der Waals surface area contributed by atoms with Crippen molar-refractivity contribution in [2.45, 2.75) is 101 Å². The molecule has 3 aromatic heterocycles. The van der Waals surface area contributed by atoms with Crippen molar-refractivity contribution in [3.8, 4) is 33.6 Å². The number of nitrogens with zero attached hydrogens (tertiary/aromatic N) is 5. The molecule has 5 aromatic rings. The fourth-order valence-corrected chi connectivity index (χ4v) is 10.4. The minimum Gasteiger partial charge on any atom is -0.453 e. The first-order valence-electron chi connectivity index (χ1n) is 22.8. The lowest BCUT2D eigenvalue weighted by Gasteiger charge is -2.36. The van der Waals surface area contributed by atoms with E-state index in [1.165, 1.54) is 14.2 Å². The number of alkyl carbamates (subject to hydrolysis) is 2. The van der Waals surface area contributed by atoms with Crippen LogP contribution < -0.4 is 10.6 Å².